The summed E-state index contributed by atoms with van der Waals surface area (Å²) in [7, 11) is 1.43. The first-order valence-corrected chi connectivity index (χ1v) is 30.4. The molecule has 0 fully saturated rings. The molecule has 0 rings (SSSR count). The van der Waals surface area contributed by atoms with E-state index >= 15 is 0 Å². The molecular formula is C64H107NO8P+. The van der Waals surface area contributed by atoms with Gasteiger partial charge in [-0.15, -0.1) is 0 Å². The third-order valence-electron chi connectivity index (χ3n) is 11.7. The Labute approximate surface area is 453 Å². The van der Waals surface area contributed by atoms with Gasteiger partial charge in [0, 0.05) is 12.8 Å². The highest BCUT2D eigenvalue weighted by Gasteiger charge is 2.27. The number of allylic oxidation sites excluding steroid dienone is 22. The van der Waals surface area contributed by atoms with Gasteiger partial charge in [0.2, 0.25) is 0 Å². The molecule has 0 aromatic carbocycles. The number of hydrogen-bond donors (Lipinski definition) is 1. The molecule has 9 nitrogen and oxygen atoms in total. The second-order valence-corrected chi connectivity index (χ2v) is 21.4. The fourth-order valence-corrected chi connectivity index (χ4v) is 7.95. The molecule has 1 N–H and O–H groups in total. The minimum Gasteiger partial charge on any atom is -0.462 e. The van der Waals surface area contributed by atoms with Gasteiger partial charge in [-0.25, -0.2) is 4.57 Å². The minimum absolute atomic E-state index is 0.0180. The van der Waals surface area contributed by atoms with Crippen molar-refractivity contribution in [2.75, 3.05) is 47.5 Å². The molecule has 0 aliphatic rings. The van der Waals surface area contributed by atoms with Crippen molar-refractivity contribution >= 4 is 19.8 Å². The maximum Gasteiger partial charge on any atom is 0.472 e. The van der Waals surface area contributed by atoms with Crippen LogP contribution in [0.3, 0.4) is 0 Å². The topological polar surface area (TPSA) is 108 Å². The second-order valence-electron chi connectivity index (χ2n) is 19.9. The number of likely N-dealkylation sites (N-methyl/N-ethyl adjacent to an activating group) is 1. The molecule has 0 bridgehead atoms. The van der Waals surface area contributed by atoms with Crippen molar-refractivity contribution in [1.82, 2.24) is 0 Å². The van der Waals surface area contributed by atoms with Crippen molar-refractivity contribution < 1.29 is 42.1 Å². The summed E-state index contributed by atoms with van der Waals surface area (Å²) in [5, 5.41) is 0. The van der Waals surface area contributed by atoms with Crippen LogP contribution in [0.1, 0.15) is 206 Å². The molecule has 74 heavy (non-hydrogen) atoms. The highest BCUT2D eigenvalue weighted by atomic mass is 31.2. The van der Waals surface area contributed by atoms with E-state index in [0.29, 0.717) is 17.4 Å². The lowest BCUT2D eigenvalue weighted by atomic mass is 10.1. The molecule has 0 spiro atoms. The van der Waals surface area contributed by atoms with E-state index in [0.717, 1.165) is 128 Å². The molecule has 420 valence electrons. The van der Waals surface area contributed by atoms with Crippen LogP contribution in [0.15, 0.2) is 134 Å². The van der Waals surface area contributed by atoms with E-state index in [2.05, 4.69) is 148 Å². The molecule has 0 saturated heterocycles. The first kappa shape index (κ1) is 70.1. The fourth-order valence-electron chi connectivity index (χ4n) is 7.21. The van der Waals surface area contributed by atoms with Crippen LogP contribution < -0.4 is 0 Å². The molecule has 0 amide bonds. The number of phosphoric acid groups is 1. The minimum atomic E-state index is -4.40. The number of rotatable bonds is 51. The van der Waals surface area contributed by atoms with Crippen molar-refractivity contribution in [1.29, 1.82) is 0 Å². The number of quaternary nitrogens is 1. The van der Waals surface area contributed by atoms with Crippen molar-refractivity contribution in [3.8, 4) is 0 Å². The summed E-state index contributed by atoms with van der Waals surface area (Å²) >= 11 is 0. The molecule has 0 aromatic rings. The number of unbranched alkanes of at least 4 members (excludes halogenated alkanes) is 15. The monoisotopic (exact) mass is 1050 g/mol. The van der Waals surface area contributed by atoms with Gasteiger partial charge in [0.25, 0.3) is 0 Å². The molecule has 0 aliphatic heterocycles. The molecule has 10 heteroatoms. The number of nitrogens with zero attached hydrogens (tertiary/aromatic N) is 1. The Hall–Kier alpha value is -3.85. The van der Waals surface area contributed by atoms with Crippen LogP contribution in [0, 0.1) is 0 Å². The zero-order valence-electron chi connectivity index (χ0n) is 47.5. The largest absolute Gasteiger partial charge is 0.472 e. The van der Waals surface area contributed by atoms with Gasteiger partial charge < -0.3 is 18.9 Å². The van der Waals surface area contributed by atoms with Crippen LogP contribution in [-0.2, 0) is 32.7 Å². The first-order valence-electron chi connectivity index (χ1n) is 28.9. The average molecular weight is 1050 g/mol. The van der Waals surface area contributed by atoms with E-state index < -0.39 is 26.5 Å². The number of carbonyl (C=O) groups is 2. The third kappa shape index (κ3) is 57.4. The Morgan fingerprint density at radius 1 is 0.432 bits per heavy atom. The SMILES string of the molecule is CC/C=C\C/C=C\C/C=C\C/C=C\C/C=C\C/C=C\C/C=C\C/C=C\C/C=C\C/C=C\CCCCCCC(=O)OC(COC(=O)CCCCCCC/C=C\CCCCCCCC)COP(=O)(O)OCC[N+](C)(C)C. The second kappa shape index (κ2) is 54.0. The Morgan fingerprint density at radius 3 is 1.16 bits per heavy atom. The fraction of sp³-hybridized carbons (Fsp3) is 0.625. The van der Waals surface area contributed by atoms with Crippen LogP contribution in [0.4, 0.5) is 0 Å². The Morgan fingerprint density at radius 2 is 0.770 bits per heavy atom. The van der Waals surface area contributed by atoms with Gasteiger partial charge in [-0.2, -0.15) is 0 Å². The summed E-state index contributed by atoms with van der Waals surface area (Å²) in [5.41, 5.74) is 0. The Kier molecular flexibility index (Phi) is 51.2. The summed E-state index contributed by atoms with van der Waals surface area (Å²) in [6, 6.07) is 0. The van der Waals surface area contributed by atoms with Gasteiger partial charge in [0.1, 0.15) is 19.8 Å². The van der Waals surface area contributed by atoms with Gasteiger partial charge in [-0.3, -0.25) is 18.6 Å². The van der Waals surface area contributed by atoms with Gasteiger partial charge >= 0.3 is 19.8 Å². The maximum absolute atomic E-state index is 12.8. The quantitative estimate of drug-likeness (QED) is 0.0211. The van der Waals surface area contributed by atoms with E-state index in [4.69, 9.17) is 18.5 Å². The third-order valence-corrected chi connectivity index (χ3v) is 12.6. The molecule has 0 saturated carbocycles. The number of phosphoric ester groups is 1. The van der Waals surface area contributed by atoms with Crippen molar-refractivity contribution in [2.24, 2.45) is 0 Å². The van der Waals surface area contributed by atoms with Gasteiger partial charge in [-0.05, 0) is 116 Å². The summed E-state index contributed by atoms with van der Waals surface area (Å²) in [6.45, 7) is 4.25. The van der Waals surface area contributed by atoms with Crippen molar-refractivity contribution in [2.45, 2.75) is 213 Å². The van der Waals surface area contributed by atoms with Gasteiger partial charge in [-0.1, -0.05) is 212 Å². The van der Waals surface area contributed by atoms with Gasteiger partial charge in [0.15, 0.2) is 6.10 Å². The predicted octanol–water partition coefficient (Wildman–Crippen LogP) is 18.1. The normalized spacial score (nSPS) is 14.3. The summed E-state index contributed by atoms with van der Waals surface area (Å²) in [6.07, 6.45) is 78.1. The van der Waals surface area contributed by atoms with Crippen LogP contribution in [0.5, 0.6) is 0 Å². The summed E-state index contributed by atoms with van der Waals surface area (Å²) in [5.74, 6) is -0.846. The molecule has 2 atom stereocenters. The smallest absolute Gasteiger partial charge is 0.462 e. The summed E-state index contributed by atoms with van der Waals surface area (Å²) < 4.78 is 34.5. The lowest BCUT2D eigenvalue weighted by Crippen LogP contribution is -2.37. The molecule has 0 aromatic heterocycles. The molecule has 0 radical (unpaired) electrons. The highest BCUT2D eigenvalue weighted by molar-refractivity contribution is 7.47. The van der Waals surface area contributed by atoms with E-state index in [-0.39, 0.29) is 32.0 Å². The summed E-state index contributed by atoms with van der Waals surface area (Å²) in [4.78, 5) is 35.6. The average Bonchev–Trinajstić information content (AvgIpc) is 3.36. The zero-order valence-corrected chi connectivity index (χ0v) is 48.4. The number of hydrogen-bond acceptors (Lipinski definition) is 7. The zero-order chi connectivity index (χ0) is 54.2. The van der Waals surface area contributed by atoms with Crippen LogP contribution in [0.25, 0.3) is 0 Å². The van der Waals surface area contributed by atoms with Crippen LogP contribution >= 0.6 is 7.82 Å². The van der Waals surface area contributed by atoms with E-state index in [9.17, 15) is 19.0 Å². The first-order chi connectivity index (χ1) is 36.0. The predicted molar refractivity (Wildman–Crippen MR) is 316 cm³/mol. The van der Waals surface area contributed by atoms with Gasteiger partial charge in [0.05, 0.1) is 27.7 Å². The lowest BCUT2D eigenvalue weighted by Gasteiger charge is -2.24. The molecule has 2 unspecified atom stereocenters. The number of esters is 2. The highest BCUT2D eigenvalue weighted by Crippen LogP contribution is 2.43. The Bertz CT molecular complexity index is 1710. The van der Waals surface area contributed by atoms with Crippen molar-refractivity contribution in [3.05, 3.63) is 134 Å². The molecule has 0 heterocycles. The lowest BCUT2D eigenvalue weighted by molar-refractivity contribution is -0.870. The van der Waals surface area contributed by atoms with E-state index in [1.165, 1.54) is 44.9 Å². The van der Waals surface area contributed by atoms with Crippen molar-refractivity contribution in [3.63, 3.8) is 0 Å². The van der Waals surface area contributed by atoms with E-state index in [1.807, 2.05) is 21.1 Å². The molecular weight excluding hydrogens is 942 g/mol. The standard InChI is InChI=1S/C64H106NO8P/c1-6-8-10-12-14-16-18-20-22-23-24-25-26-27-28-29-30-31-32-33-34-35-36-37-38-39-40-41-43-45-47-49-51-53-55-57-64(67)73-62(61-72-74(68,69)71-59-58-65(3,4)5)60-70-63(66)56-54-52-50-48-46-44-42-21-19-17-15-13-11-9-7-2/h8,10,14,16,20-22,24-25,27-28,30-31,33-34,36-37,39-40,42-43,45,62H,6-7,9,11-13,15,17-19,23,26,29,32,35,38,41,44,46-61H2,1-5H3/p+1/b10-8-,16-14-,22-20-,25-24-,28-27-,31-30-,34-33-,37-36-,40-39-,42-21-,45-43-. The number of ether oxygens (including phenoxy) is 2. The molecule has 0 aliphatic carbocycles. The number of carbonyl (C=O) groups excluding carboxylic acids is 2. The maximum atomic E-state index is 12.8. The van der Waals surface area contributed by atoms with E-state index in [1.54, 1.807) is 0 Å². The van der Waals surface area contributed by atoms with Crippen LogP contribution in [0.2, 0.25) is 0 Å². The van der Waals surface area contributed by atoms with Crippen LogP contribution in [-0.4, -0.2) is 74.9 Å². The Balaban J connectivity index is 4.25.